The van der Waals surface area contributed by atoms with Crippen molar-refractivity contribution in [3.63, 3.8) is 0 Å². The maximum absolute atomic E-state index is 10.8. The number of aromatic hydroxyl groups is 1. The largest absolute Gasteiger partial charge is 0.508 e. The van der Waals surface area contributed by atoms with Crippen LogP contribution in [0.5, 0.6) is 5.75 Å². The number of carboxylic acids is 3. The van der Waals surface area contributed by atoms with E-state index in [4.69, 9.17) is 20.1 Å². The van der Waals surface area contributed by atoms with Crippen LogP contribution in [-0.4, -0.2) is 44.4 Å². The Morgan fingerprint density at radius 3 is 2.30 bits per heavy atom. The van der Waals surface area contributed by atoms with Crippen LogP contribution in [0.2, 0.25) is 0 Å². The third-order valence-electron chi connectivity index (χ3n) is 2.40. The summed E-state index contributed by atoms with van der Waals surface area (Å²) in [7, 11) is 0. The number of carbonyl (C=O) groups is 3. The van der Waals surface area contributed by atoms with Gasteiger partial charge >= 0.3 is 17.9 Å². The van der Waals surface area contributed by atoms with Crippen LogP contribution in [0.15, 0.2) is 18.2 Å². The molecule has 20 heavy (non-hydrogen) atoms. The minimum atomic E-state index is -1.58. The molecule has 0 fully saturated rings. The van der Waals surface area contributed by atoms with Crippen LogP contribution in [0.25, 0.3) is 0 Å². The lowest BCUT2D eigenvalue weighted by Gasteiger charge is -2.12. The molecule has 0 aromatic heterocycles. The molecule has 0 unspecified atom stereocenters. The van der Waals surface area contributed by atoms with Gasteiger partial charge < -0.3 is 25.2 Å². The summed E-state index contributed by atoms with van der Waals surface area (Å²) in [5.41, 5.74) is -0.0481. The van der Waals surface area contributed by atoms with Gasteiger partial charge in [0.25, 0.3) is 0 Å². The summed E-state index contributed by atoms with van der Waals surface area (Å²) in [6, 6.07) is 3.43. The Balaban J connectivity index is 2.81. The van der Waals surface area contributed by atoms with Crippen LogP contribution in [0.3, 0.4) is 0 Å². The molecular weight excluding hydrogens is 272 g/mol. The van der Waals surface area contributed by atoms with Crippen molar-refractivity contribution in [2.24, 2.45) is 0 Å². The van der Waals surface area contributed by atoms with Crippen molar-refractivity contribution >= 4 is 17.9 Å². The number of carboxylic acid groups (broad SMARTS) is 3. The van der Waals surface area contributed by atoms with Crippen molar-refractivity contribution < 1.29 is 39.5 Å². The number of rotatable bonds is 7. The average Bonchev–Trinajstić information content (AvgIpc) is 2.35. The quantitative estimate of drug-likeness (QED) is 0.568. The van der Waals surface area contributed by atoms with Gasteiger partial charge in [0.1, 0.15) is 5.75 Å². The first kappa shape index (κ1) is 15.4. The van der Waals surface area contributed by atoms with Crippen LogP contribution >= 0.6 is 0 Å². The van der Waals surface area contributed by atoms with E-state index in [1.807, 2.05) is 0 Å². The molecule has 0 saturated heterocycles. The van der Waals surface area contributed by atoms with E-state index in [1.165, 1.54) is 6.07 Å². The summed E-state index contributed by atoms with van der Waals surface area (Å²) in [6.07, 6.45) is -2.32. The second kappa shape index (κ2) is 6.53. The SMILES string of the molecule is O=C(O)C[C@@H](OCc1cc(C(=O)O)ccc1O)C(=O)O. The Morgan fingerprint density at radius 2 is 1.80 bits per heavy atom. The zero-order valence-electron chi connectivity index (χ0n) is 10.1. The molecule has 0 bridgehead atoms. The van der Waals surface area contributed by atoms with Crippen molar-refractivity contribution in [1.29, 1.82) is 0 Å². The Bertz CT molecular complexity index is 536. The lowest BCUT2D eigenvalue weighted by molar-refractivity contribution is -0.157. The molecule has 0 amide bonds. The van der Waals surface area contributed by atoms with Crippen molar-refractivity contribution in [1.82, 2.24) is 0 Å². The van der Waals surface area contributed by atoms with Crippen molar-refractivity contribution in [2.75, 3.05) is 0 Å². The second-order valence-electron chi connectivity index (χ2n) is 3.88. The maximum atomic E-state index is 10.8. The first-order valence-electron chi connectivity index (χ1n) is 5.42. The van der Waals surface area contributed by atoms with Crippen molar-refractivity contribution in [3.8, 4) is 5.75 Å². The van der Waals surface area contributed by atoms with Gasteiger partial charge in [-0.15, -0.1) is 0 Å². The summed E-state index contributed by atoms with van der Waals surface area (Å²) in [4.78, 5) is 32.0. The third-order valence-corrected chi connectivity index (χ3v) is 2.40. The molecule has 0 spiro atoms. The van der Waals surface area contributed by atoms with Gasteiger partial charge in [-0.25, -0.2) is 9.59 Å². The zero-order chi connectivity index (χ0) is 15.3. The van der Waals surface area contributed by atoms with Gasteiger partial charge in [0.2, 0.25) is 0 Å². The summed E-state index contributed by atoms with van der Waals surface area (Å²) in [5.74, 6) is -4.29. The highest BCUT2D eigenvalue weighted by molar-refractivity contribution is 5.88. The highest BCUT2D eigenvalue weighted by atomic mass is 16.5. The number of ether oxygens (including phenoxy) is 1. The van der Waals surface area contributed by atoms with Crippen molar-refractivity contribution in [3.05, 3.63) is 29.3 Å². The van der Waals surface area contributed by atoms with Gasteiger partial charge in [-0.2, -0.15) is 0 Å². The van der Waals surface area contributed by atoms with Crippen LogP contribution in [0.4, 0.5) is 0 Å². The molecule has 1 atom stereocenters. The van der Waals surface area contributed by atoms with Crippen LogP contribution < -0.4 is 0 Å². The molecule has 0 aliphatic rings. The Hall–Kier alpha value is -2.61. The highest BCUT2D eigenvalue weighted by Crippen LogP contribution is 2.20. The molecule has 1 aromatic rings. The van der Waals surface area contributed by atoms with Gasteiger partial charge in [-0.1, -0.05) is 0 Å². The predicted molar refractivity (Wildman–Crippen MR) is 63.5 cm³/mol. The first-order chi connectivity index (χ1) is 9.31. The van der Waals surface area contributed by atoms with Gasteiger partial charge in [0.15, 0.2) is 6.10 Å². The van der Waals surface area contributed by atoms with E-state index >= 15 is 0 Å². The van der Waals surface area contributed by atoms with E-state index in [9.17, 15) is 19.5 Å². The third kappa shape index (κ3) is 4.25. The molecule has 0 heterocycles. The van der Waals surface area contributed by atoms with E-state index in [-0.39, 0.29) is 16.9 Å². The number of aromatic carboxylic acids is 1. The van der Waals surface area contributed by atoms with E-state index in [2.05, 4.69) is 0 Å². The molecule has 0 aliphatic heterocycles. The van der Waals surface area contributed by atoms with Crippen LogP contribution in [0.1, 0.15) is 22.3 Å². The van der Waals surface area contributed by atoms with Gasteiger partial charge in [-0.3, -0.25) is 4.79 Å². The fourth-order valence-electron chi connectivity index (χ4n) is 1.40. The lowest BCUT2D eigenvalue weighted by Crippen LogP contribution is -2.26. The van der Waals surface area contributed by atoms with Crippen molar-refractivity contribution in [2.45, 2.75) is 19.1 Å². The number of phenols is 1. The minimum Gasteiger partial charge on any atom is -0.508 e. The Kier molecular flexibility index (Phi) is 5.04. The summed E-state index contributed by atoms with van der Waals surface area (Å²) < 4.78 is 4.88. The van der Waals surface area contributed by atoms with Gasteiger partial charge in [-0.05, 0) is 18.2 Å². The van der Waals surface area contributed by atoms with Crippen LogP contribution in [-0.2, 0) is 20.9 Å². The second-order valence-corrected chi connectivity index (χ2v) is 3.88. The number of benzene rings is 1. The number of hydrogen-bond acceptors (Lipinski definition) is 5. The number of phenolic OH excluding ortho intramolecular Hbond substituents is 1. The first-order valence-corrected chi connectivity index (χ1v) is 5.42. The summed E-state index contributed by atoms with van der Waals surface area (Å²) in [6.45, 7) is -0.419. The highest BCUT2D eigenvalue weighted by Gasteiger charge is 2.22. The molecule has 8 nitrogen and oxygen atoms in total. The van der Waals surface area contributed by atoms with Gasteiger partial charge in [0.05, 0.1) is 18.6 Å². The molecular formula is C12H12O8. The number of hydrogen-bond donors (Lipinski definition) is 4. The molecule has 0 saturated carbocycles. The van der Waals surface area contributed by atoms with E-state index in [1.54, 1.807) is 0 Å². The smallest absolute Gasteiger partial charge is 0.335 e. The van der Waals surface area contributed by atoms with Gasteiger partial charge in [0, 0.05) is 5.56 Å². The topological polar surface area (TPSA) is 141 Å². The lowest BCUT2D eigenvalue weighted by atomic mass is 10.1. The monoisotopic (exact) mass is 284 g/mol. The van der Waals surface area contributed by atoms with E-state index in [0.29, 0.717) is 0 Å². The normalized spacial score (nSPS) is 11.8. The molecule has 108 valence electrons. The zero-order valence-corrected chi connectivity index (χ0v) is 10.1. The van der Waals surface area contributed by atoms with E-state index in [0.717, 1.165) is 12.1 Å². The molecule has 1 rings (SSSR count). The summed E-state index contributed by atoms with van der Waals surface area (Å²) in [5, 5.41) is 35.6. The molecule has 0 radical (unpaired) electrons. The molecule has 4 N–H and O–H groups in total. The fraction of sp³-hybridized carbons (Fsp3) is 0.250. The fourth-order valence-corrected chi connectivity index (χ4v) is 1.40. The Labute approximate surface area is 112 Å². The van der Waals surface area contributed by atoms with Crippen LogP contribution in [0, 0.1) is 0 Å². The number of aliphatic carboxylic acids is 2. The molecule has 8 heteroatoms. The standard InChI is InChI=1S/C12H12O8/c13-8-2-1-6(11(16)17)3-7(8)5-20-9(12(18)19)4-10(14)15/h1-3,9,13H,4-5H2,(H,14,15)(H,16,17)(H,18,19)/t9-/m1/s1. The average molecular weight is 284 g/mol. The summed E-state index contributed by atoms with van der Waals surface area (Å²) >= 11 is 0. The Morgan fingerprint density at radius 1 is 1.15 bits per heavy atom. The minimum absolute atomic E-state index is 0.0570. The molecule has 0 aliphatic carbocycles. The van der Waals surface area contributed by atoms with E-state index < -0.39 is 37.0 Å². The molecule has 1 aromatic carbocycles. The maximum Gasteiger partial charge on any atom is 0.335 e. The predicted octanol–water partition coefficient (Wildman–Crippen LogP) is 0.535.